The molecular weight excluding hydrogens is 226 g/mol. The van der Waals surface area contributed by atoms with Crippen LogP contribution in [0.1, 0.15) is 53.9 Å². The molecule has 0 aromatic heterocycles. The van der Waals surface area contributed by atoms with Gasteiger partial charge in [-0.2, -0.15) is 0 Å². The summed E-state index contributed by atoms with van der Waals surface area (Å²) in [6.07, 6.45) is 3.72. The number of hydrogen-bond acceptors (Lipinski definition) is 2. The van der Waals surface area contributed by atoms with E-state index in [9.17, 15) is 4.79 Å². The molecule has 0 aromatic rings. The van der Waals surface area contributed by atoms with Gasteiger partial charge in [-0.05, 0) is 50.9 Å². The first-order chi connectivity index (χ1) is 8.56. The highest BCUT2D eigenvalue weighted by molar-refractivity contribution is 5.72. The average Bonchev–Trinajstić information content (AvgIpc) is 2.94. The summed E-state index contributed by atoms with van der Waals surface area (Å²) in [4.78, 5) is 13.9. The van der Waals surface area contributed by atoms with Crippen LogP contribution in [0.4, 0.5) is 4.79 Å². The predicted octanol–water partition coefficient (Wildman–Crippen LogP) is 3.68. The molecule has 3 heteroatoms. The van der Waals surface area contributed by atoms with Gasteiger partial charge in [0.25, 0.3) is 0 Å². The van der Waals surface area contributed by atoms with Gasteiger partial charge in [-0.1, -0.05) is 20.8 Å². The molecule has 4 unspecified atom stereocenters. The molecule has 3 fully saturated rings. The van der Waals surface area contributed by atoms with Crippen LogP contribution in [-0.4, -0.2) is 29.2 Å². The number of nitrogens with zero attached hydrogens (tertiary/aromatic N) is 1. The minimum atomic E-state index is -0.0882. The van der Waals surface area contributed by atoms with E-state index in [4.69, 9.17) is 4.74 Å². The molecular formula is C15H27NO2. The minimum Gasteiger partial charge on any atom is -0.447 e. The molecule has 104 valence electrons. The Labute approximate surface area is 111 Å². The molecule has 4 atom stereocenters. The molecule has 18 heavy (non-hydrogen) atoms. The maximum absolute atomic E-state index is 11.9. The van der Waals surface area contributed by atoms with Crippen LogP contribution >= 0.6 is 0 Å². The first kappa shape index (κ1) is 13.7. The number of fused-ring (bicyclic) bond motifs is 3. The van der Waals surface area contributed by atoms with Gasteiger partial charge in [0.2, 0.25) is 0 Å². The summed E-state index contributed by atoms with van der Waals surface area (Å²) in [5.41, 5.74) is 0.0492. The van der Waals surface area contributed by atoms with Crippen molar-refractivity contribution in [2.75, 3.05) is 6.61 Å². The molecule has 2 bridgehead atoms. The number of rotatable bonds is 1. The molecule has 0 aromatic carbocycles. The molecule has 1 heterocycles. The molecule has 0 radical (unpaired) electrons. The number of carbonyl (C=O) groups excluding carboxylic acids is 1. The molecule has 0 N–H and O–H groups in total. The second kappa shape index (κ2) is 4.75. The highest BCUT2D eigenvalue weighted by Crippen LogP contribution is 2.58. The van der Waals surface area contributed by atoms with Gasteiger partial charge in [-0.15, -0.1) is 0 Å². The highest BCUT2D eigenvalue weighted by Gasteiger charge is 2.63. The molecule has 1 aliphatic heterocycles. The third kappa shape index (κ3) is 1.66. The molecule has 3 nitrogen and oxygen atoms in total. The Balaban J connectivity index is 0.000000574. The van der Waals surface area contributed by atoms with Crippen LogP contribution in [0.5, 0.6) is 0 Å². The summed E-state index contributed by atoms with van der Waals surface area (Å²) in [7, 11) is 0. The van der Waals surface area contributed by atoms with Crippen LogP contribution in [0, 0.1) is 17.8 Å². The lowest BCUT2D eigenvalue weighted by atomic mass is 9.79. The smallest absolute Gasteiger partial charge is 0.410 e. The zero-order valence-corrected chi connectivity index (χ0v) is 12.4. The van der Waals surface area contributed by atoms with Gasteiger partial charge in [0.15, 0.2) is 0 Å². The Bertz CT molecular complexity index is 328. The Morgan fingerprint density at radius 2 is 2.00 bits per heavy atom. The van der Waals surface area contributed by atoms with Crippen molar-refractivity contribution in [3.8, 4) is 0 Å². The van der Waals surface area contributed by atoms with Gasteiger partial charge >= 0.3 is 6.09 Å². The Hall–Kier alpha value is -0.730. The Morgan fingerprint density at radius 3 is 2.44 bits per heavy atom. The van der Waals surface area contributed by atoms with E-state index in [-0.39, 0.29) is 17.7 Å². The maximum Gasteiger partial charge on any atom is 0.410 e. The molecule has 1 saturated heterocycles. The molecule has 2 aliphatic carbocycles. The maximum atomic E-state index is 11.9. The van der Waals surface area contributed by atoms with Crippen LogP contribution in [0.25, 0.3) is 0 Å². The van der Waals surface area contributed by atoms with Crippen LogP contribution in [0.2, 0.25) is 0 Å². The lowest BCUT2D eigenvalue weighted by Gasteiger charge is -2.41. The van der Waals surface area contributed by atoms with E-state index < -0.39 is 0 Å². The summed E-state index contributed by atoms with van der Waals surface area (Å²) in [5.74, 6) is 2.27. The molecule has 3 aliphatic rings. The Morgan fingerprint density at radius 1 is 1.33 bits per heavy atom. The first-order valence-corrected chi connectivity index (χ1v) is 7.52. The SMILES string of the molecule is CC.CC1C2CCC1C1(COC(=O)N1C(C)C)C2. The van der Waals surface area contributed by atoms with Crippen molar-refractivity contribution >= 4 is 6.09 Å². The zero-order chi connectivity index (χ0) is 13.5. The standard InChI is InChI=1S/C13H21NO2.C2H6/c1-8(2)14-12(15)16-7-13(14)6-10-4-5-11(13)9(10)3;1-2/h8-11H,4-7H2,1-3H3;1-2H3. The summed E-state index contributed by atoms with van der Waals surface area (Å²) < 4.78 is 5.35. The van der Waals surface area contributed by atoms with Gasteiger partial charge in [0.1, 0.15) is 6.61 Å². The van der Waals surface area contributed by atoms with Crippen LogP contribution in [0.15, 0.2) is 0 Å². The Kier molecular flexibility index (Phi) is 3.61. The number of cyclic esters (lactones) is 1. The zero-order valence-electron chi connectivity index (χ0n) is 12.4. The summed E-state index contributed by atoms with van der Waals surface area (Å²) in [6.45, 7) is 11.2. The molecule has 2 saturated carbocycles. The predicted molar refractivity (Wildman–Crippen MR) is 72.4 cm³/mol. The van der Waals surface area contributed by atoms with Crippen LogP contribution < -0.4 is 0 Å². The van der Waals surface area contributed by atoms with Crippen molar-refractivity contribution in [3.05, 3.63) is 0 Å². The number of hydrogen-bond donors (Lipinski definition) is 0. The lowest BCUT2D eigenvalue weighted by molar-refractivity contribution is 0.0748. The van der Waals surface area contributed by atoms with Gasteiger partial charge in [-0.3, -0.25) is 4.90 Å². The van der Waals surface area contributed by atoms with Gasteiger partial charge in [0.05, 0.1) is 5.54 Å². The van der Waals surface area contributed by atoms with Gasteiger partial charge in [0, 0.05) is 6.04 Å². The van der Waals surface area contributed by atoms with Crippen molar-refractivity contribution in [2.45, 2.75) is 65.5 Å². The van der Waals surface area contributed by atoms with Gasteiger partial charge < -0.3 is 4.74 Å². The number of amides is 1. The largest absolute Gasteiger partial charge is 0.447 e. The average molecular weight is 253 g/mol. The third-order valence-corrected chi connectivity index (χ3v) is 5.17. The summed E-state index contributed by atoms with van der Waals surface area (Å²) in [6, 6.07) is 0.265. The summed E-state index contributed by atoms with van der Waals surface area (Å²) >= 11 is 0. The van der Waals surface area contributed by atoms with E-state index in [0.717, 1.165) is 11.8 Å². The van der Waals surface area contributed by atoms with Crippen LogP contribution in [0.3, 0.4) is 0 Å². The molecule has 3 rings (SSSR count). The normalized spacial score (nSPS) is 41.3. The molecule has 1 amide bonds. The van der Waals surface area contributed by atoms with Gasteiger partial charge in [-0.25, -0.2) is 4.79 Å². The van der Waals surface area contributed by atoms with E-state index in [1.807, 2.05) is 18.7 Å². The number of carbonyl (C=O) groups is 1. The third-order valence-electron chi connectivity index (χ3n) is 5.17. The van der Waals surface area contributed by atoms with E-state index >= 15 is 0 Å². The van der Waals surface area contributed by atoms with Crippen molar-refractivity contribution < 1.29 is 9.53 Å². The molecule has 1 spiro atoms. The summed E-state index contributed by atoms with van der Waals surface area (Å²) in [5, 5.41) is 0. The van der Waals surface area contributed by atoms with Crippen molar-refractivity contribution in [1.82, 2.24) is 4.90 Å². The second-order valence-electron chi connectivity index (χ2n) is 6.13. The van der Waals surface area contributed by atoms with E-state index in [1.54, 1.807) is 0 Å². The fourth-order valence-corrected chi connectivity index (χ4v) is 4.57. The van der Waals surface area contributed by atoms with Crippen molar-refractivity contribution in [2.24, 2.45) is 17.8 Å². The van der Waals surface area contributed by atoms with E-state index in [2.05, 4.69) is 20.8 Å². The fraction of sp³-hybridized carbons (Fsp3) is 0.933. The first-order valence-electron chi connectivity index (χ1n) is 7.52. The fourth-order valence-electron chi connectivity index (χ4n) is 4.57. The van der Waals surface area contributed by atoms with Crippen LogP contribution in [-0.2, 0) is 4.74 Å². The highest BCUT2D eigenvalue weighted by atomic mass is 16.6. The van der Waals surface area contributed by atoms with E-state index in [0.29, 0.717) is 12.5 Å². The topological polar surface area (TPSA) is 29.5 Å². The lowest BCUT2D eigenvalue weighted by Crippen LogP contribution is -2.54. The van der Waals surface area contributed by atoms with Crippen molar-refractivity contribution in [3.63, 3.8) is 0 Å². The minimum absolute atomic E-state index is 0.0492. The monoisotopic (exact) mass is 253 g/mol. The van der Waals surface area contributed by atoms with E-state index in [1.165, 1.54) is 19.3 Å². The number of ether oxygens (including phenoxy) is 1. The second-order valence-corrected chi connectivity index (χ2v) is 6.13. The van der Waals surface area contributed by atoms with Crippen molar-refractivity contribution in [1.29, 1.82) is 0 Å². The quantitative estimate of drug-likeness (QED) is 0.713.